The molecule has 2 aromatic rings. The van der Waals surface area contributed by atoms with E-state index in [4.69, 9.17) is 14.2 Å². The van der Waals surface area contributed by atoms with Crippen LogP contribution in [0.15, 0.2) is 41.3 Å². The highest BCUT2D eigenvalue weighted by atomic mass is 32.2. The zero-order valence-electron chi connectivity index (χ0n) is 18.2. The average molecular weight is 462 g/mol. The molecule has 2 aliphatic rings. The SMILES string of the molecule is Cc1ccc(S(=O)(=O)N2CCOCC2)cc1NC(=O)CN(C)Cc1ccc2c(c1)OCO2. The van der Waals surface area contributed by atoms with Crippen LogP contribution in [-0.2, 0) is 26.1 Å². The highest BCUT2D eigenvalue weighted by molar-refractivity contribution is 7.89. The van der Waals surface area contributed by atoms with Gasteiger partial charge in [-0.1, -0.05) is 12.1 Å². The van der Waals surface area contributed by atoms with Crippen LogP contribution in [0.4, 0.5) is 5.69 Å². The van der Waals surface area contributed by atoms with Gasteiger partial charge < -0.3 is 19.5 Å². The zero-order valence-corrected chi connectivity index (χ0v) is 19.0. The first-order chi connectivity index (χ1) is 15.3. The molecular formula is C22H27N3O6S. The molecule has 0 bridgehead atoms. The topological polar surface area (TPSA) is 97.4 Å². The number of sulfonamides is 1. The summed E-state index contributed by atoms with van der Waals surface area (Å²) in [6, 6.07) is 10.5. The summed E-state index contributed by atoms with van der Waals surface area (Å²) in [5.41, 5.74) is 2.28. The highest BCUT2D eigenvalue weighted by Gasteiger charge is 2.27. The molecule has 1 saturated heterocycles. The first-order valence-corrected chi connectivity index (χ1v) is 11.8. The predicted octanol–water partition coefficient (Wildman–Crippen LogP) is 1.82. The van der Waals surface area contributed by atoms with Crippen molar-refractivity contribution in [3.63, 3.8) is 0 Å². The Kier molecular flexibility index (Phi) is 6.66. The molecule has 0 atom stereocenters. The number of aryl methyl sites for hydroxylation is 1. The fraction of sp³-hybridized carbons (Fsp3) is 0.409. The van der Waals surface area contributed by atoms with Gasteiger partial charge in [0.1, 0.15) is 0 Å². The van der Waals surface area contributed by atoms with Crippen molar-refractivity contribution in [2.24, 2.45) is 0 Å². The first kappa shape index (κ1) is 22.5. The van der Waals surface area contributed by atoms with Crippen LogP contribution in [0, 0.1) is 6.92 Å². The Morgan fingerprint density at radius 2 is 1.84 bits per heavy atom. The van der Waals surface area contributed by atoms with Gasteiger partial charge in [-0.25, -0.2) is 8.42 Å². The monoisotopic (exact) mass is 461 g/mol. The lowest BCUT2D eigenvalue weighted by molar-refractivity contribution is -0.117. The van der Waals surface area contributed by atoms with Crippen molar-refractivity contribution in [2.75, 3.05) is 52.0 Å². The predicted molar refractivity (Wildman–Crippen MR) is 118 cm³/mol. The van der Waals surface area contributed by atoms with Crippen molar-refractivity contribution in [3.05, 3.63) is 47.5 Å². The lowest BCUT2D eigenvalue weighted by atomic mass is 10.2. The maximum atomic E-state index is 12.9. The summed E-state index contributed by atoms with van der Waals surface area (Å²) in [6.07, 6.45) is 0. The first-order valence-electron chi connectivity index (χ1n) is 10.4. The van der Waals surface area contributed by atoms with E-state index in [9.17, 15) is 13.2 Å². The molecule has 0 radical (unpaired) electrons. The standard InChI is InChI=1S/C22H27N3O6S/c1-16-3-5-18(32(27,28)25-7-9-29-10-8-25)12-19(16)23-22(26)14-24(2)13-17-4-6-20-21(11-17)31-15-30-20/h3-6,11-12H,7-10,13-15H2,1-2H3,(H,23,26). The number of anilines is 1. The Balaban J connectivity index is 1.39. The van der Waals surface area contributed by atoms with Crippen LogP contribution in [0.25, 0.3) is 0 Å². The number of ether oxygens (including phenoxy) is 3. The van der Waals surface area contributed by atoms with Crippen LogP contribution in [0.5, 0.6) is 11.5 Å². The third-order valence-electron chi connectivity index (χ3n) is 5.39. The summed E-state index contributed by atoms with van der Waals surface area (Å²) >= 11 is 0. The Bertz CT molecular complexity index is 1100. The number of fused-ring (bicyclic) bond motifs is 1. The average Bonchev–Trinajstić information content (AvgIpc) is 3.23. The van der Waals surface area contributed by atoms with E-state index >= 15 is 0 Å². The van der Waals surface area contributed by atoms with Crippen LogP contribution in [0.1, 0.15) is 11.1 Å². The summed E-state index contributed by atoms with van der Waals surface area (Å²) in [6.45, 7) is 4.15. The number of hydrogen-bond donors (Lipinski definition) is 1. The van der Waals surface area contributed by atoms with E-state index in [1.54, 1.807) is 12.1 Å². The van der Waals surface area contributed by atoms with Crippen molar-refractivity contribution in [2.45, 2.75) is 18.4 Å². The largest absolute Gasteiger partial charge is 0.454 e. The Morgan fingerprint density at radius 1 is 1.09 bits per heavy atom. The van der Waals surface area contributed by atoms with E-state index < -0.39 is 10.0 Å². The molecule has 2 heterocycles. The molecule has 2 aliphatic heterocycles. The van der Waals surface area contributed by atoms with Gasteiger partial charge in [0.25, 0.3) is 0 Å². The maximum Gasteiger partial charge on any atom is 0.243 e. The van der Waals surface area contributed by atoms with Crippen LogP contribution >= 0.6 is 0 Å². The molecule has 9 nitrogen and oxygen atoms in total. The van der Waals surface area contributed by atoms with Gasteiger partial charge in [-0.2, -0.15) is 4.31 Å². The van der Waals surface area contributed by atoms with Gasteiger partial charge in [-0.3, -0.25) is 9.69 Å². The minimum absolute atomic E-state index is 0.147. The number of benzene rings is 2. The van der Waals surface area contributed by atoms with Crippen LogP contribution in [0.2, 0.25) is 0 Å². The molecule has 0 aliphatic carbocycles. The highest BCUT2D eigenvalue weighted by Crippen LogP contribution is 2.32. The van der Waals surface area contributed by atoms with E-state index in [0.717, 1.165) is 16.9 Å². The third kappa shape index (κ3) is 5.04. The molecule has 4 rings (SSSR count). The second kappa shape index (κ2) is 9.45. The van der Waals surface area contributed by atoms with Gasteiger partial charge in [0.05, 0.1) is 24.7 Å². The number of likely N-dealkylation sites (N-methyl/N-ethyl adjacent to an activating group) is 1. The van der Waals surface area contributed by atoms with Crippen molar-refractivity contribution in [1.29, 1.82) is 0 Å². The van der Waals surface area contributed by atoms with Gasteiger partial charge in [0, 0.05) is 25.3 Å². The molecule has 2 aromatic carbocycles. The quantitative estimate of drug-likeness (QED) is 0.672. The molecule has 0 saturated carbocycles. The lowest BCUT2D eigenvalue weighted by Crippen LogP contribution is -2.40. The Hall–Kier alpha value is -2.66. The lowest BCUT2D eigenvalue weighted by Gasteiger charge is -2.26. The van der Waals surface area contributed by atoms with Crippen LogP contribution in [0.3, 0.4) is 0 Å². The molecule has 172 valence electrons. The number of carbonyl (C=O) groups is 1. The molecule has 1 fully saturated rings. The van der Waals surface area contributed by atoms with Crippen molar-refractivity contribution < 1.29 is 27.4 Å². The Morgan fingerprint density at radius 3 is 2.62 bits per heavy atom. The zero-order chi connectivity index (χ0) is 22.7. The van der Waals surface area contributed by atoms with Crippen molar-refractivity contribution in [1.82, 2.24) is 9.21 Å². The molecule has 0 spiro atoms. The number of rotatable bonds is 7. The number of carbonyl (C=O) groups excluding carboxylic acids is 1. The Labute approximate surface area is 187 Å². The normalized spacial score (nSPS) is 16.3. The summed E-state index contributed by atoms with van der Waals surface area (Å²) in [4.78, 5) is 14.7. The van der Waals surface area contributed by atoms with Crippen LogP contribution in [-0.4, -0.2) is 70.2 Å². The van der Waals surface area contributed by atoms with Crippen LogP contribution < -0.4 is 14.8 Å². The van der Waals surface area contributed by atoms with Crippen molar-refractivity contribution >= 4 is 21.6 Å². The number of amides is 1. The van der Waals surface area contributed by atoms with Gasteiger partial charge in [-0.15, -0.1) is 0 Å². The molecule has 0 unspecified atom stereocenters. The van der Waals surface area contributed by atoms with E-state index in [-0.39, 0.29) is 24.1 Å². The van der Waals surface area contributed by atoms with Crippen molar-refractivity contribution in [3.8, 4) is 11.5 Å². The van der Waals surface area contributed by atoms with Gasteiger partial charge in [-0.05, 0) is 49.4 Å². The second-order valence-corrected chi connectivity index (χ2v) is 9.84. The van der Waals surface area contributed by atoms with Gasteiger partial charge in [0.15, 0.2) is 11.5 Å². The number of nitrogens with one attached hydrogen (secondary N) is 1. The van der Waals surface area contributed by atoms with Gasteiger partial charge in [0.2, 0.25) is 22.7 Å². The summed E-state index contributed by atoms with van der Waals surface area (Å²) in [5.74, 6) is 1.20. The maximum absolute atomic E-state index is 12.9. The molecule has 1 amide bonds. The summed E-state index contributed by atoms with van der Waals surface area (Å²) in [5, 5.41) is 2.85. The minimum Gasteiger partial charge on any atom is -0.454 e. The fourth-order valence-corrected chi connectivity index (χ4v) is 5.11. The molecular weight excluding hydrogens is 434 g/mol. The van der Waals surface area contributed by atoms with E-state index in [0.29, 0.717) is 44.3 Å². The molecule has 10 heteroatoms. The van der Waals surface area contributed by atoms with Gasteiger partial charge >= 0.3 is 0 Å². The van der Waals surface area contributed by atoms with E-state index in [1.165, 1.54) is 10.4 Å². The smallest absolute Gasteiger partial charge is 0.243 e. The number of morpholine rings is 1. The second-order valence-electron chi connectivity index (χ2n) is 7.90. The molecule has 0 aromatic heterocycles. The molecule has 1 N–H and O–H groups in total. The number of nitrogens with zero attached hydrogens (tertiary/aromatic N) is 2. The molecule has 32 heavy (non-hydrogen) atoms. The minimum atomic E-state index is -3.64. The van der Waals surface area contributed by atoms with E-state index in [2.05, 4.69) is 5.32 Å². The number of hydrogen-bond acceptors (Lipinski definition) is 7. The fourth-order valence-electron chi connectivity index (χ4n) is 3.67. The summed E-state index contributed by atoms with van der Waals surface area (Å²) < 4.78 is 43.2. The van der Waals surface area contributed by atoms with E-state index in [1.807, 2.05) is 37.1 Å². The summed E-state index contributed by atoms with van der Waals surface area (Å²) in [7, 11) is -1.79. The third-order valence-corrected chi connectivity index (χ3v) is 7.29.